The van der Waals surface area contributed by atoms with Crippen LogP contribution in [-0.4, -0.2) is 21.5 Å². The van der Waals surface area contributed by atoms with Gasteiger partial charge in [0.25, 0.3) is 0 Å². The molecule has 7 aromatic rings. The number of hydrogen-bond donors (Lipinski definition) is 0. The molecule has 0 N–H and O–H groups in total. The minimum atomic E-state index is -5.63. The zero-order chi connectivity index (χ0) is 32.6. The van der Waals surface area contributed by atoms with E-state index in [0.717, 1.165) is 61.8 Å². The largest absolute Gasteiger partial charge is 0.407 e. The molecule has 0 saturated carbocycles. The van der Waals surface area contributed by atoms with Crippen LogP contribution < -0.4 is 0 Å². The predicted molar refractivity (Wildman–Crippen MR) is 176 cm³/mol. The Kier molecular flexibility index (Phi) is 6.45. The van der Waals surface area contributed by atoms with Crippen molar-refractivity contribution in [2.75, 3.05) is 0 Å². The number of hydrogen-bond acceptors (Lipinski definition) is 0. The van der Waals surface area contributed by atoms with Crippen LogP contribution in [0.4, 0.5) is 26.3 Å². The van der Waals surface area contributed by atoms with Gasteiger partial charge in [-0.15, -0.1) is 0 Å². The fraction of sp³-hybridized carbons (Fsp3) is 0.128. The molecule has 1 aliphatic rings. The third kappa shape index (κ3) is 4.20. The van der Waals surface area contributed by atoms with Crippen LogP contribution in [0.5, 0.6) is 0 Å². The summed E-state index contributed by atoms with van der Waals surface area (Å²) in [5.41, 5.74) is -0.724. The van der Waals surface area contributed by atoms with Crippen molar-refractivity contribution in [2.24, 2.45) is 5.92 Å². The second-order valence-electron chi connectivity index (χ2n) is 11.9. The van der Waals surface area contributed by atoms with E-state index in [1.54, 1.807) is 0 Å². The summed E-state index contributed by atoms with van der Waals surface area (Å²) in [4.78, 5) is 0. The summed E-state index contributed by atoms with van der Waals surface area (Å²) >= 11 is 0. The first-order chi connectivity index (χ1) is 22.6. The third-order valence-corrected chi connectivity index (χ3v) is 9.53. The van der Waals surface area contributed by atoms with Crippen molar-refractivity contribution in [2.45, 2.75) is 24.2 Å². The number of para-hydroxylation sites is 4. The molecule has 2 heterocycles. The molecule has 0 fully saturated rings. The molecule has 2 aromatic heterocycles. The molecule has 0 spiro atoms. The monoisotopic (exact) mass is 636 g/mol. The Balaban J connectivity index is 1.24. The Morgan fingerprint density at radius 1 is 0.489 bits per heavy atom. The normalized spacial score (nSPS) is 16.0. The lowest BCUT2D eigenvalue weighted by molar-refractivity contribution is -0.314. The highest BCUT2D eigenvalue weighted by Gasteiger charge is 2.74. The Hall–Kier alpha value is -5.24. The molecule has 2 nitrogen and oxygen atoms in total. The maximum absolute atomic E-state index is 15.1. The van der Waals surface area contributed by atoms with E-state index in [9.17, 15) is 0 Å². The van der Waals surface area contributed by atoms with Gasteiger partial charge < -0.3 is 9.13 Å². The number of nitrogens with zero attached hydrogens (tertiary/aromatic N) is 2. The van der Waals surface area contributed by atoms with E-state index in [1.807, 2.05) is 106 Å². The number of fused-ring (bicyclic) bond motifs is 6. The Morgan fingerprint density at radius 3 is 1.28 bits per heavy atom. The van der Waals surface area contributed by atoms with Gasteiger partial charge in [-0.25, -0.2) is 0 Å². The Morgan fingerprint density at radius 2 is 0.894 bits per heavy atom. The fourth-order valence-electron chi connectivity index (χ4n) is 7.49. The van der Waals surface area contributed by atoms with Gasteiger partial charge in [0.2, 0.25) is 0 Å². The highest BCUT2D eigenvalue weighted by Crippen LogP contribution is 2.58. The second kappa shape index (κ2) is 10.4. The Bertz CT molecular complexity index is 2250. The lowest BCUT2D eigenvalue weighted by Gasteiger charge is -2.43. The van der Waals surface area contributed by atoms with Crippen LogP contribution in [-0.2, 0) is 5.41 Å². The van der Waals surface area contributed by atoms with Gasteiger partial charge >= 0.3 is 12.4 Å². The zero-order valence-corrected chi connectivity index (χ0v) is 24.7. The summed E-state index contributed by atoms with van der Waals surface area (Å²) in [6.45, 7) is 0. The number of allylic oxidation sites excluding steroid dienone is 4. The average Bonchev–Trinajstić information content (AvgIpc) is 3.58. The van der Waals surface area contributed by atoms with Crippen LogP contribution in [0.25, 0.3) is 55.0 Å². The van der Waals surface area contributed by atoms with E-state index in [2.05, 4.69) is 0 Å². The minimum Gasteiger partial charge on any atom is -0.310 e. The smallest absolute Gasteiger partial charge is 0.310 e. The lowest BCUT2D eigenvalue weighted by atomic mass is 9.66. The first-order valence-corrected chi connectivity index (χ1v) is 15.2. The van der Waals surface area contributed by atoms with E-state index in [0.29, 0.717) is 11.4 Å². The van der Waals surface area contributed by atoms with Gasteiger partial charge in [0.05, 0.1) is 22.1 Å². The van der Waals surface area contributed by atoms with Crippen LogP contribution in [0, 0.1) is 5.92 Å². The van der Waals surface area contributed by atoms with Crippen molar-refractivity contribution in [3.63, 3.8) is 0 Å². The van der Waals surface area contributed by atoms with Crippen molar-refractivity contribution in [3.8, 4) is 5.69 Å². The molecule has 47 heavy (non-hydrogen) atoms. The Labute approximate surface area is 265 Å². The maximum Gasteiger partial charge on any atom is 0.407 e. The molecule has 1 atom stereocenters. The van der Waals surface area contributed by atoms with Crippen LogP contribution in [0.2, 0.25) is 0 Å². The topological polar surface area (TPSA) is 9.86 Å². The van der Waals surface area contributed by atoms with Crippen molar-refractivity contribution >= 4 is 49.3 Å². The number of alkyl halides is 6. The molecule has 8 rings (SSSR count). The van der Waals surface area contributed by atoms with Gasteiger partial charge in [-0.05, 0) is 54.5 Å². The zero-order valence-electron chi connectivity index (χ0n) is 24.7. The summed E-state index contributed by atoms with van der Waals surface area (Å²) in [7, 11) is 0. The SMILES string of the molecule is FC(F)(F)C(c1ccc(-n2c3ccccc3c3ccccc32)cc1)(C1C=CC(n2c3ccccc3c3ccccc32)=CC1)C(F)(F)F. The second-order valence-corrected chi connectivity index (χ2v) is 11.9. The molecular weight excluding hydrogens is 610 g/mol. The molecule has 0 saturated heterocycles. The summed E-state index contributed by atoms with van der Waals surface area (Å²) < 4.78 is 94.6. The van der Waals surface area contributed by atoms with Crippen molar-refractivity contribution in [1.82, 2.24) is 9.13 Å². The summed E-state index contributed by atoms with van der Waals surface area (Å²) in [6, 6.07) is 35.0. The maximum atomic E-state index is 15.1. The molecule has 0 bridgehead atoms. The molecule has 1 aliphatic carbocycles. The highest BCUT2D eigenvalue weighted by molar-refractivity contribution is 6.11. The number of halogens is 6. The van der Waals surface area contributed by atoms with Crippen LogP contribution in [0.3, 0.4) is 0 Å². The van der Waals surface area contributed by atoms with Gasteiger partial charge in [0.15, 0.2) is 5.41 Å². The molecule has 5 aromatic carbocycles. The van der Waals surface area contributed by atoms with E-state index < -0.39 is 35.7 Å². The quantitative estimate of drug-likeness (QED) is 0.170. The standard InChI is InChI=1S/C39H26F6N2/c40-38(41,42)37(39(43,44)45,25-17-21-27(22-18-25)46-33-13-5-1-9-29(33)30-10-2-6-14-34(30)46)26-19-23-28(24-20-26)47-35-15-7-3-11-31(35)32-12-4-8-16-36(32)47/h1-19,21-24,26H,20H2. The van der Waals surface area contributed by atoms with Crippen LogP contribution in [0.15, 0.2) is 140 Å². The number of aromatic nitrogens is 2. The van der Waals surface area contributed by atoms with Gasteiger partial charge in [-0.1, -0.05) is 97.1 Å². The first kappa shape index (κ1) is 29.2. The number of benzene rings is 5. The van der Waals surface area contributed by atoms with Crippen LogP contribution in [0.1, 0.15) is 12.0 Å². The van der Waals surface area contributed by atoms with E-state index in [1.165, 1.54) is 24.3 Å². The predicted octanol–water partition coefficient (Wildman–Crippen LogP) is 11.4. The average molecular weight is 637 g/mol. The molecule has 0 radical (unpaired) electrons. The fourth-order valence-corrected chi connectivity index (χ4v) is 7.49. The lowest BCUT2D eigenvalue weighted by Crippen LogP contribution is -2.58. The van der Waals surface area contributed by atoms with Gasteiger partial charge in [0.1, 0.15) is 0 Å². The molecule has 234 valence electrons. The molecule has 1 unspecified atom stereocenters. The summed E-state index contributed by atoms with van der Waals surface area (Å²) in [5.74, 6) is -1.92. The summed E-state index contributed by atoms with van der Waals surface area (Å²) in [5, 5.41) is 3.76. The van der Waals surface area contributed by atoms with Gasteiger partial charge in [0, 0.05) is 38.8 Å². The number of rotatable bonds is 4. The minimum absolute atomic E-state index is 0.458. The van der Waals surface area contributed by atoms with E-state index in [4.69, 9.17) is 0 Å². The van der Waals surface area contributed by atoms with Crippen molar-refractivity contribution in [3.05, 3.63) is 145 Å². The molecule has 0 amide bonds. The van der Waals surface area contributed by atoms with Gasteiger partial charge in [-0.3, -0.25) is 0 Å². The third-order valence-electron chi connectivity index (χ3n) is 9.53. The molecule has 8 heteroatoms. The van der Waals surface area contributed by atoms with E-state index in [-0.39, 0.29) is 0 Å². The summed E-state index contributed by atoms with van der Waals surface area (Å²) in [6.07, 6.45) is -7.76. The molecular formula is C39H26F6N2. The van der Waals surface area contributed by atoms with Crippen molar-refractivity contribution in [1.29, 1.82) is 0 Å². The van der Waals surface area contributed by atoms with E-state index >= 15 is 26.3 Å². The van der Waals surface area contributed by atoms with Gasteiger partial charge in [-0.2, -0.15) is 26.3 Å². The molecule has 0 aliphatic heterocycles. The first-order valence-electron chi connectivity index (χ1n) is 15.2. The highest BCUT2D eigenvalue weighted by atomic mass is 19.4. The van der Waals surface area contributed by atoms with Crippen LogP contribution >= 0.6 is 0 Å². The van der Waals surface area contributed by atoms with Crippen molar-refractivity contribution < 1.29 is 26.3 Å².